The molecule has 1 N–H and O–H groups in total. The molecule has 3 nitrogen and oxygen atoms in total. The fourth-order valence-electron chi connectivity index (χ4n) is 0.755. The van der Waals surface area contributed by atoms with Crippen LogP contribution in [0.5, 0.6) is 0 Å². The summed E-state index contributed by atoms with van der Waals surface area (Å²) >= 11 is 0. The van der Waals surface area contributed by atoms with Crippen molar-refractivity contribution in [1.82, 2.24) is 0 Å². The molecule has 0 spiro atoms. The molecule has 0 rings (SSSR count). The zero-order valence-electron chi connectivity index (χ0n) is 7.40. The van der Waals surface area contributed by atoms with Crippen molar-refractivity contribution in [3.63, 3.8) is 0 Å². The molecule has 0 unspecified atom stereocenters. The Morgan fingerprint density at radius 3 is 2.14 bits per heavy atom. The first-order chi connectivity index (χ1) is 6.23. The molecule has 0 atom stereocenters. The van der Waals surface area contributed by atoms with E-state index < -0.39 is 31.0 Å². The number of hydrogen-bond acceptors (Lipinski definition) is 2. The number of ether oxygens (including phenoxy) is 1. The molecule has 0 aromatic heterocycles. The van der Waals surface area contributed by atoms with Gasteiger partial charge in [0.15, 0.2) is 6.61 Å². The van der Waals surface area contributed by atoms with Gasteiger partial charge in [-0.25, -0.2) is 4.79 Å². The molecule has 0 aliphatic rings. The molecule has 0 amide bonds. The zero-order chi connectivity index (χ0) is 11.4. The van der Waals surface area contributed by atoms with Crippen LogP contribution in [0.1, 0.15) is 19.8 Å². The second kappa shape index (κ2) is 4.47. The third kappa shape index (κ3) is 3.39. The second-order valence-corrected chi connectivity index (χ2v) is 2.71. The van der Waals surface area contributed by atoms with Gasteiger partial charge in [0, 0.05) is 6.42 Å². The Balaban J connectivity index is 4.34. The fraction of sp³-hybridized carbons (Fsp3) is 0.857. The lowest BCUT2D eigenvalue weighted by atomic mass is 10.1. The minimum Gasteiger partial charge on any atom is -0.450 e. The Morgan fingerprint density at radius 1 is 1.29 bits per heavy atom. The molecule has 84 valence electrons. The van der Waals surface area contributed by atoms with Crippen LogP contribution in [0.3, 0.4) is 0 Å². The maximum atomic E-state index is 12.6. The average molecular weight is 218 g/mol. The van der Waals surface area contributed by atoms with Crippen LogP contribution in [0.4, 0.5) is 22.4 Å². The number of rotatable bonds is 5. The van der Waals surface area contributed by atoms with E-state index >= 15 is 0 Å². The predicted octanol–water partition coefficient (Wildman–Crippen LogP) is 2.75. The van der Waals surface area contributed by atoms with Gasteiger partial charge >= 0.3 is 18.0 Å². The molecule has 0 aromatic carbocycles. The van der Waals surface area contributed by atoms with Crippen LogP contribution < -0.4 is 0 Å². The van der Waals surface area contributed by atoms with E-state index in [1.807, 2.05) is 0 Å². The van der Waals surface area contributed by atoms with Crippen molar-refractivity contribution in [2.24, 2.45) is 0 Å². The van der Waals surface area contributed by atoms with Gasteiger partial charge in [0.2, 0.25) is 0 Å². The largest absolute Gasteiger partial charge is 0.505 e. The lowest BCUT2D eigenvalue weighted by Crippen LogP contribution is -2.44. The maximum Gasteiger partial charge on any atom is 0.505 e. The van der Waals surface area contributed by atoms with Gasteiger partial charge in [0.25, 0.3) is 0 Å². The molecule has 0 aromatic rings. The van der Waals surface area contributed by atoms with Crippen molar-refractivity contribution in [3.8, 4) is 0 Å². The number of carbonyl (C=O) groups is 1. The van der Waals surface area contributed by atoms with E-state index in [4.69, 9.17) is 5.11 Å². The van der Waals surface area contributed by atoms with Gasteiger partial charge in [-0.15, -0.1) is 0 Å². The van der Waals surface area contributed by atoms with Crippen molar-refractivity contribution in [3.05, 3.63) is 0 Å². The first kappa shape index (κ1) is 13.0. The summed E-state index contributed by atoms with van der Waals surface area (Å²) in [6.07, 6.45) is -3.14. The van der Waals surface area contributed by atoms with Crippen LogP contribution in [0.25, 0.3) is 0 Å². The highest BCUT2D eigenvalue weighted by Crippen LogP contribution is 2.37. The number of alkyl halides is 4. The maximum absolute atomic E-state index is 12.6. The van der Waals surface area contributed by atoms with Crippen LogP contribution in [-0.2, 0) is 4.74 Å². The summed E-state index contributed by atoms with van der Waals surface area (Å²) < 4.78 is 53.9. The first-order valence-electron chi connectivity index (χ1n) is 3.84. The Bertz CT molecular complexity index is 205. The molecule has 0 heterocycles. The summed E-state index contributed by atoms with van der Waals surface area (Å²) in [6.45, 7) is -0.503. The smallest absolute Gasteiger partial charge is 0.450 e. The third-order valence-electron chi connectivity index (χ3n) is 1.48. The monoisotopic (exact) mass is 218 g/mol. The van der Waals surface area contributed by atoms with Crippen molar-refractivity contribution >= 4 is 6.16 Å². The van der Waals surface area contributed by atoms with E-state index in [0.717, 1.165) is 0 Å². The van der Waals surface area contributed by atoms with Gasteiger partial charge in [-0.3, -0.25) is 0 Å². The number of carboxylic acid groups (broad SMARTS) is 1. The van der Waals surface area contributed by atoms with E-state index in [9.17, 15) is 22.4 Å². The van der Waals surface area contributed by atoms with Crippen LogP contribution in [0, 0.1) is 0 Å². The molecular formula is C7H10F4O3. The Kier molecular flexibility index (Phi) is 4.15. The highest BCUT2D eigenvalue weighted by Gasteiger charge is 2.56. The standard InChI is InChI=1S/C7H10F4O3/c1-2-3-6(8,9)7(10,11)4-14-5(12)13/h2-4H2,1H3,(H,12,13). The Hall–Kier alpha value is -1.01. The van der Waals surface area contributed by atoms with E-state index in [0.29, 0.717) is 0 Å². The minimum absolute atomic E-state index is 0.129. The lowest BCUT2D eigenvalue weighted by Gasteiger charge is -2.25. The van der Waals surface area contributed by atoms with Gasteiger partial charge in [-0.2, -0.15) is 17.6 Å². The highest BCUT2D eigenvalue weighted by atomic mass is 19.3. The first-order valence-corrected chi connectivity index (χ1v) is 3.84. The summed E-state index contributed by atoms with van der Waals surface area (Å²) in [6, 6.07) is 0. The summed E-state index contributed by atoms with van der Waals surface area (Å²) in [5, 5.41) is 7.87. The minimum atomic E-state index is -4.46. The van der Waals surface area contributed by atoms with Gasteiger partial charge in [0.1, 0.15) is 0 Å². The molecule has 0 bridgehead atoms. The molecule has 0 saturated heterocycles. The summed E-state index contributed by atoms with van der Waals surface area (Å²) in [4.78, 5) is 9.73. The molecule has 0 saturated carbocycles. The zero-order valence-corrected chi connectivity index (χ0v) is 7.40. The molecule has 7 heteroatoms. The second-order valence-electron chi connectivity index (χ2n) is 2.71. The van der Waals surface area contributed by atoms with E-state index in [-0.39, 0.29) is 6.42 Å². The van der Waals surface area contributed by atoms with Crippen molar-refractivity contribution in [2.45, 2.75) is 31.6 Å². The van der Waals surface area contributed by atoms with Gasteiger partial charge in [0.05, 0.1) is 0 Å². The van der Waals surface area contributed by atoms with Crippen LogP contribution in [0.15, 0.2) is 0 Å². The average Bonchev–Trinajstić information content (AvgIpc) is 2.00. The van der Waals surface area contributed by atoms with Crippen LogP contribution in [0.2, 0.25) is 0 Å². The number of halogens is 4. The Morgan fingerprint density at radius 2 is 1.79 bits per heavy atom. The van der Waals surface area contributed by atoms with Gasteiger partial charge in [-0.05, 0) is 0 Å². The van der Waals surface area contributed by atoms with E-state index in [1.165, 1.54) is 6.92 Å². The van der Waals surface area contributed by atoms with Gasteiger partial charge in [-0.1, -0.05) is 13.3 Å². The van der Waals surface area contributed by atoms with E-state index in [1.54, 1.807) is 0 Å². The number of hydrogen-bond donors (Lipinski definition) is 1. The van der Waals surface area contributed by atoms with Crippen molar-refractivity contribution in [2.75, 3.05) is 6.61 Å². The topological polar surface area (TPSA) is 46.5 Å². The third-order valence-corrected chi connectivity index (χ3v) is 1.48. The summed E-state index contributed by atoms with van der Waals surface area (Å²) in [5.74, 6) is -8.70. The Labute approximate surface area is 77.7 Å². The van der Waals surface area contributed by atoms with Crippen LogP contribution >= 0.6 is 0 Å². The van der Waals surface area contributed by atoms with Crippen LogP contribution in [-0.4, -0.2) is 29.7 Å². The summed E-state index contributed by atoms with van der Waals surface area (Å²) in [7, 11) is 0. The van der Waals surface area contributed by atoms with Gasteiger partial charge < -0.3 is 9.84 Å². The molecule has 0 aliphatic heterocycles. The lowest BCUT2D eigenvalue weighted by molar-refractivity contribution is -0.229. The molecular weight excluding hydrogens is 208 g/mol. The molecule has 0 radical (unpaired) electrons. The quantitative estimate of drug-likeness (QED) is 0.570. The summed E-state index contributed by atoms with van der Waals surface area (Å²) in [5.41, 5.74) is 0. The SMILES string of the molecule is CCCC(F)(F)C(F)(F)COC(=O)O. The fourth-order valence-corrected chi connectivity index (χ4v) is 0.755. The van der Waals surface area contributed by atoms with Crippen molar-refractivity contribution in [1.29, 1.82) is 0 Å². The van der Waals surface area contributed by atoms with Crippen molar-refractivity contribution < 1.29 is 32.2 Å². The normalized spacial score (nSPS) is 12.6. The molecule has 0 aliphatic carbocycles. The predicted molar refractivity (Wildman–Crippen MR) is 38.8 cm³/mol. The molecule has 0 fully saturated rings. The molecule has 14 heavy (non-hydrogen) atoms. The van der Waals surface area contributed by atoms with E-state index in [2.05, 4.69) is 4.74 Å². The highest BCUT2D eigenvalue weighted by molar-refractivity contribution is 5.56.